The first-order valence-electron chi connectivity index (χ1n) is 11.3. The minimum absolute atomic E-state index is 0.0717. The fourth-order valence-electron chi connectivity index (χ4n) is 3.68. The van der Waals surface area contributed by atoms with Crippen LogP contribution in [0.2, 0.25) is 5.02 Å². The summed E-state index contributed by atoms with van der Waals surface area (Å²) in [5, 5.41) is 2.04. The Kier molecular flexibility index (Phi) is 10.2. The summed E-state index contributed by atoms with van der Waals surface area (Å²) in [6.07, 6.45) is -3.86. The van der Waals surface area contributed by atoms with E-state index in [1.165, 1.54) is 12.0 Å². The molecule has 1 atom stereocenters. The second kappa shape index (κ2) is 12.5. The molecule has 0 aromatic heterocycles. The van der Waals surface area contributed by atoms with Gasteiger partial charge in [-0.15, -0.1) is 0 Å². The third-order valence-electron chi connectivity index (χ3n) is 5.45. The largest absolute Gasteiger partial charge is 0.497 e. The Morgan fingerprint density at radius 2 is 1.81 bits per heavy atom. The molecular formula is C24H29ClF3N3O5S. The number of benzene rings is 2. The monoisotopic (exact) mass is 563 g/mol. The van der Waals surface area contributed by atoms with E-state index in [-0.39, 0.29) is 18.7 Å². The maximum Gasteiger partial charge on any atom is 0.417 e. The van der Waals surface area contributed by atoms with Gasteiger partial charge in [0.2, 0.25) is 21.8 Å². The van der Waals surface area contributed by atoms with E-state index in [1.807, 2.05) is 0 Å². The number of hydrogen-bond donors (Lipinski definition) is 1. The summed E-state index contributed by atoms with van der Waals surface area (Å²) >= 11 is 5.68. The Labute approximate surface area is 219 Å². The van der Waals surface area contributed by atoms with Crippen molar-refractivity contribution < 1.29 is 35.9 Å². The summed E-state index contributed by atoms with van der Waals surface area (Å²) in [5.41, 5.74) is -1.03. The quantitative estimate of drug-likeness (QED) is 0.444. The van der Waals surface area contributed by atoms with E-state index in [0.717, 1.165) is 18.4 Å². The molecule has 2 aromatic rings. The number of halogens is 4. The minimum atomic E-state index is -4.84. The lowest BCUT2D eigenvalue weighted by Gasteiger charge is -2.33. The highest BCUT2D eigenvalue weighted by Crippen LogP contribution is 2.37. The lowest BCUT2D eigenvalue weighted by atomic mass is 10.1. The third kappa shape index (κ3) is 8.00. The van der Waals surface area contributed by atoms with Gasteiger partial charge in [-0.1, -0.05) is 30.7 Å². The summed E-state index contributed by atoms with van der Waals surface area (Å²) in [5.74, 6) is -0.720. The van der Waals surface area contributed by atoms with Gasteiger partial charge >= 0.3 is 6.18 Å². The summed E-state index contributed by atoms with van der Waals surface area (Å²) in [6, 6.07) is 8.37. The summed E-state index contributed by atoms with van der Waals surface area (Å²) in [4.78, 5) is 27.5. The second-order valence-electron chi connectivity index (χ2n) is 8.12. The van der Waals surface area contributed by atoms with Gasteiger partial charge in [-0.25, -0.2) is 8.42 Å². The van der Waals surface area contributed by atoms with E-state index in [0.29, 0.717) is 28.2 Å². The average molecular weight is 564 g/mol. The standard InChI is InChI=1S/C24H29ClF3N3O5S/c1-5-21(23(33)29-6-2)30(14-16-8-7-9-18(12-16)36-3)22(32)15-31(37(4,34)35)17-10-11-20(25)19(13-17)24(26,27)28/h7-13,21H,5-6,14-15H2,1-4H3,(H,29,33)/t21-/m1/s1. The van der Waals surface area contributed by atoms with Gasteiger partial charge in [-0.05, 0) is 49.2 Å². The van der Waals surface area contributed by atoms with Crippen LogP contribution >= 0.6 is 11.6 Å². The van der Waals surface area contributed by atoms with Gasteiger partial charge in [0.1, 0.15) is 18.3 Å². The predicted molar refractivity (Wildman–Crippen MR) is 135 cm³/mol. The number of carbonyl (C=O) groups is 2. The molecule has 0 spiro atoms. The van der Waals surface area contributed by atoms with E-state index >= 15 is 0 Å². The first-order chi connectivity index (χ1) is 17.2. The fourth-order valence-corrected chi connectivity index (χ4v) is 4.74. The number of amides is 2. The smallest absolute Gasteiger partial charge is 0.417 e. The Morgan fingerprint density at radius 1 is 1.14 bits per heavy atom. The van der Waals surface area contributed by atoms with Crippen LogP contribution in [0.5, 0.6) is 5.75 Å². The first-order valence-corrected chi connectivity index (χ1v) is 13.5. The van der Waals surface area contributed by atoms with Crippen molar-refractivity contribution in [3.8, 4) is 5.75 Å². The van der Waals surface area contributed by atoms with Crippen molar-refractivity contribution in [2.24, 2.45) is 0 Å². The molecule has 0 aliphatic rings. The van der Waals surface area contributed by atoms with Crippen LogP contribution in [0.3, 0.4) is 0 Å². The summed E-state index contributed by atoms with van der Waals surface area (Å²) in [7, 11) is -2.74. The number of hydrogen-bond acceptors (Lipinski definition) is 5. The number of alkyl halides is 3. The van der Waals surface area contributed by atoms with Gasteiger partial charge in [0.05, 0.1) is 29.6 Å². The normalized spacial score (nSPS) is 12.5. The molecule has 2 rings (SSSR count). The number of ether oxygens (including phenoxy) is 1. The molecule has 0 unspecified atom stereocenters. The van der Waals surface area contributed by atoms with Crippen LogP contribution in [0.1, 0.15) is 31.4 Å². The zero-order valence-electron chi connectivity index (χ0n) is 20.8. The number of rotatable bonds is 11. The van der Waals surface area contributed by atoms with E-state index in [9.17, 15) is 31.2 Å². The van der Waals surface area contributed by atoms with Gasteiger partial charge in [0.25, 0.3) is 0 Å². The average Bonchev–Trinajstić information content (AvgIpc) is 2.81. The van der Waals surface area contributed by atoms with E-state index < -0.39 is 51.2 Å². The van der Waals surface area contributed by atoms with Crippen LogP contribution in [0.4, 0.5) is 18.9 Å². The van der Waals surface area contributed by atoms with E-state index in [4.69, 9.17) is 16.3 Å². The number of carbonyl (C=O) groups excluding carboxylic acids is 2. The van der Waals surface area contributed by atoms with E-state index in [2.05, 4.69) is 5.32 Å². The molecule has 8 nitrogen and oxygen atoms in total. The Morgan fingerprint density at radius 3 is 2.35 bits per heavy atom. The number of likely N-dealkylation sites (N-methyl/N-ethyl adjacent to an activating group) is 1. The maximum absolute atomic E-state index is 13.6. The number of nitrogens with one attached hydrogen (secondary N) is 1. The van der Waals surface area contributed by atoms with Gasteiger partial charge in [-0.2, -0.15) is 13.2 Å². The molecule has 0 bridgehead atoms. The van der Waals surface area contributed by atoms with Gasteiger partial charge in [0, 0.05) is 13.1 Å². The molecular weight excluding hydrogens is 535 g/mol. The zero-order valence-corrected chi connectivity index (χ0v) is 22.4. The minimum Gasteiger partial charge on any atom is -0.497 e. The Bertz CT molecular complexity index is 1220. The molecule has 0 radical (unpaired) electrons. The van der Waals surface area contributed by atoms with Crippen LogP contribution in [-0.2, 0) is 32.3 Å². The summed E-state index contributed by atoms with van der Waals surface area (Å²) in [6.45, 7) is 2.80. The second-order valence-corrected chi connectivity index (χ2v) is 10.4. The number of anilines is 1. The summed E-state index contributed by atoms with van der Waals surface area (Å²) < 4.78 is 71.2. The van der Waals surface area contributed by atoms with Crippen molar-refractivity contribution in [2.75, 3.05) is 30.8 Å². The molecule has 0 aliphatic carbocycles. The molecule has 37 heavy (non-hydrogen) atoms. The highest BCUT2D eigenvalue weighted by Gasteiger charge is 2.36. The molecule has 13 heteroatoms. The van der Waals surface area contributed by atoms with Crippen molar-refractivity contribution in [1.29, 1.82) is 0 Å². The molecule has 2 amide bonds. The van der Waals surface area contributed by atoms with Crippen LogP contribution in [-0.4, -0.2) is 57.6 Å². The number of methoxy groups -OCH3 is 1. The first kappa shape index (κ1) is 30.2. The van der Waals surface area contributed by atoms with Gasteiger partial charge in [-0.3, -0.25) is 13.9 Å². The lowest BCUT2D eigenvalue weighted by Crippen LogP contribution is -2.52. The van der Waals surface area contributed by atoms with Crippen LogP contribution in [0.25, 0.3) is 0 Å². The number of sulfonamides is 1. The highest BCUT2D eigenvalue weighted by atomic mass is 35.5. The maximum atomic E-state index is 13.6. The molecule has 0 saturated heterocycles. The molecule has 0 aliphatic heterocycles. The van der Waals surface area contributed by atoms with Crippen molar-refractivity contribution in [1.82, 2.24) is 10.2 Å². The molecule has 204 valence electrons. The third-order valence-corrected chi connectivity index (χ3v) is 6.92. The topological polar surface area (TPSA) is 96.0 Å². The SMILES string of the molecule is CCNC(=O)[C@@H](CC)N(Cc1cccc(OC)c1)C(=O)CN(c1ccc(Cl)c(C(F)(F)F)c1)S(C)(=O)=O. The molecule has 2 aromatic carbocycles. The molecule has 0 fully saturated rings. The predicted octanol–water partition coefficient (Wildman–Crippen LogP) is 4.08. The van der Waals surface area contributed by atoms with Crippen molar-refractivity contribution in [3.05, 3.63) is 58.6 Å². The van der Waals surface area contributed by atoms with E-state index in [1.54, 1.807) is 38.1 Å². The van der Waals surface area contributed by atoms with Crippen molar-refractivity contribution in [2.45, 2.75) is 39.0 Å². The van der Waals surface area contributed by atoms with Gasteiger partial charge < -0.3 is 15.0 Å². The Hall–Kier alpha value is -2.99. The van der Waals surface area contributed by atoms with Crippen molar-refractivity contribution in [3.63, 3.8) is 0 Å². The van der Waals surface area contributed by atoms with Crippen LogP contribution in [0.15, 0.2) is 42.5 Å². The van der Waals surface area contributed by atoms with Gasteiger partial charge in [0.15, 0.2) is 0 Å². The number of nitrogens with zero attached hydrogens (tertiary/aromatic N) is 2. The Balaban J connectivity index is 2.53. The molecule has 1 N–H and O–H groups in total. The molecule has 0 heterocycles. The molecule has 0 saturated carbocycles. The zero-order chi connectivity index (χ0) is 28.0. The van der Waals surface area contributed by atoms with Crippen LogP contribution in [0, 0.1) is 0 Å². The lowest BCUT2D eigenvalue weighted by molar-refractivity contribution is -0.140. The highest BCUT2D eigenvalue weighted by molar-refractivity contribution is 7.92. The van der Waals surface area contributed by atoms with Crippen LogP contribution < -0.4 is 14.4 Å². The fraction of sp³-hybridized carbons (Fsp3) is 0.417. The van der Waals surface area contributed by atoms with Crippen molar-refractivity contribution >= 4 is 39.1 Å².